The fourth-order valence-corrected chi connectivity index (χ4v) is 1.21. The molecule has 0 radical (unpaired) electrons. The number of H-pyrrole nitrogens is 1. The van der Waals surface area contributed by atoms with Crippen LogP contribution in [0.2, 0.25) is 0 Å². The quantitative estimate of drug-likeness (QED) is 0.549. The zero-order chi connectivity index (χ0) is 13.5. The van der Waals surface area contributed by atoms with Crippen LogP contribution in [0.15, 0.2) is 31.1 Å². The van der Waals surface area contributed by atoms with Gasteiger partial charge in [-0.05, 0) is 6.07 Å². The Bertz CT molecular complexity index is 653. The average molecular weight is 258 g/mol. The van der Waals surface area contributed by atoms with Crippen LogP contribution in [0.4, 0.5) is 11.8 Å². The van der Waals surface area contributed by atoms with Gasteiger partial charge in [0.15, 0.2) is 11.5 Å². The van der Waals surface area contributed by atoms with Gasteiger partial charge in [-0.3, -0.25) is 10.1 Å². The predicted octanol–water partition coefficient (Wildman–Crippen LogP) is -0.0200. The Kier molecular flexibility index (Phi) is 3.90. The molecule has 0 bridgehead atoms. The lowest BCUT2D eigenvalue weighted by Gasteiger charge is -1.90. The lowest BCUT2D eigenvalue weighted by molar-refractivity contribution is -0.105. The highest BCUT2D eigenvalue weighted by atomic mass is 16.1. The molecule has 9 heteroatoms. The van der Waals surface area contributed by atoms with E-state index in [0.29, 0.717) is 29.3 Å². The number of nitrogens with zero attached hydrogens (tertiary/aromatic N) is 5. The topological polar surface area (TPSA) is 135 Å². The van der Waals surface area contributed by atoms with E-state index in [9.17, 15) is 4.79 Å². The van der Waals surface area contributed by atoms with Gasteiger partial charge in [0.05, 0.1) is 6.33 Å². The van der Waals surface area contributed by atoms with E-state index in [0.717, 1.165) is 0 Å². The number of aromatic amines is 1. The van der Waals surface area contributed by atoms with Crippen molar-refractivity contribution in [1.82, 2.24) is 29.9 Å². The van der Waals surface area contributed by atoms with Crippen molar-refractivity contribution in [1.29, 1.82) is 0 Å². The molecule has 0 aliphatic heterocycles. The summed E-state index contributed by atoms with van der Waals surface area (Å²) in [4.78, 5) is 31.6. The van der Waals surface area contributed by atoms with Crippen molar-refractivity contribution >= 4 is 29.3 Å². The molecule has 1 amide bonds. The Morgan fingerprint density at radius 3 is 2.63 bits per heavy atom. The summed E-state index contributed by atoms with van der Waals surface area (Å²) >= 11 is 0. The second kappa shape index (κ2) is 6.00. The maximum atomic E-state index is 9.78. The van der Waals surface area contributed by atoms with E-state index in [1.807, 2.05) is 0 Å². The molecule has 0 atom stereocenters. The van der Waals surface area contributed by atoms with Crippen LogP contribution < -0.4 is 11.1 Å². The highest BCUT2D eigenvalue weighted by molar-refractivity contribution is 5.80. The molecule has 4 N–H and O–H groups in total. The van der Waals surface area contributed by atoms with Gasteiger partial charge in [0.25, 0.3) is 0 Å². The smallest absolute Gasteiger partial charge is 0.229 e. The number of amides is 1. The number of aromatic nitrogens is 6. The fourth-order valence-electron chi connectivity index (χ4n) is 1.21. The SMILES string of the molecule is Nc1ncnc2nc[nH]c12.O=CNc1ncccn1. The largest absolute Gasteiger partial charge is 0.382 e. The summed E-state index contributed by atoms with van der Waals surface area (Å²) in [6.07, 6.45) is 6.57. The van der Waals surface area contributed by atoms with Crippen molar-refractivity contribution in [2.45, 2.75) is 0 Å². The lowest BCUT2D eigenvalue weighted by atomic mass is 10.5. The third-order valence-electron chi connectivity index (χ3n) is 2.01. The molecule has 9 nitrogen and oxygen atoms in total. The van der Waals surface area contributed by atoms with Crippen molar-refractivity contribution in [3.05, 3.63) is 31.1 Å². The molecule has 0 saturated heterocycles. The number of carbonyl (C=O) groups is 1. The van der Waals surface area contributed by atoms with E-state index < -0.39 is 0 Å². The standard InChI is InChI=1S/C5H5N5.C5H5N3O/c6-4-3-5(9-1-7-3)10-2-8-4;9-4-8-5-6-2-1-3-7-5/h1-2H,(H3,6,7,8,9,10);1-4H,(H,6,7,8,9). The molecule has 0 aliphatic carbocycles. The number of carbonyl (C=O) groups excluding carboxylic acids is 1. The summed E-state index contributed by atoms with van der Waals surface area (Å²) < 4.78 is 0. The molecule has 0 aromatic carbocycles. The van der Waals surface area contributed by atoms with Gasteiger partial charge in [0, 0.05) is 12.4 Å². The first-order chi connectivity index (χ1) is 9.31. The van der Waals surface area contributed by atoms with Gasteiger partial charge in [-0.1, -0.05) is 0 Å². The van der Waals surface area contributed by atoms with Gasteiger partial charge in [-0.15, -0.1) is 0 Å². The summed E-state index contributed by atoms with van der Waals surface area (Å²) in [5.74, 6) is 0.759. The zero-order valence-electron chi connectivity index (χ0n) is 9.69. The Labute approximate surface area is 107 Å². The number of nitrogen functional groups attached to an aromatic ring is 1. The van der Waals surface area contributed by atoms with Crippen LogP contribution in [0, 0.1) is 0 Å². The molecule has 3 heterocycles. The zero-order valence-corrected chi connectivity index (χ0v) is 9.69. The number of hydrogen-bond acceptors (Lipinski definition) is 7. The van der Waals surface area contributed by atoms with Crippen LogP contribution in [-0.2, 0) is 4.79 Å². The minimum atomic E-state index is 0.326. The highest BCUT2D eigenvalue weighted by Gasteiger charge is 1.99. The molecule has 19 heavy (non-hydrogen) atoms. The van der Waals surface area contributed by atoms with E-state index >= 15 is 0 Å². The number of anilines is 2. The monoisotopic (exact) mass is 258 g/mol. The molecule has 0 spiro atoms. The summed E-state index contributed by atoms with van der Waals surface area (Å²) in [5.41, 5.74) is 6.78. The van der Waals surface area contributed by atoms with Gasteiger partial charge in [0.2, 0.25) is 12.4 Å². The Balaban J connectivity index is 0.000000141. The third kappa shape index (κ3) is 3.19. The molecule has 96 valence electrons. The summed E-state index contributed by atoms with van der Waals surface area (Å²) in [7, 11) is 0. The maximum absolute atomic E-state index is 9.78. The van der Waals surface area contributed by atoms with Crippen molar-refractivity contribution in [3.63, 3.8) is 0 Å². The summed E-state index contributed by atoms with van der Waals surface area (Å²) in [6.45, 7) is 0. The van der Waals surface area contributed by atoms with Crippen molar-refractivity contribution in [2.24, 2.45) is 0 Å². The number of fused-ring (bicyclic) bond motifs is 1. The second-order valence-corrected chi connectivity index (χ2v) is 3.19. The number of hydrogen-bond donors (Lipinski definition) is 3. The molecule has 0 aliphatic rings. The predicted molar refractivity (Wildman–Crippen MR) is 67.8 cm³/mol. The minimum Gasteiger partial charge on any atom is -0.382 e. The molecule has 3 rings (SSSR count). The van der Waals surface area contributed by atoms with Crippen molar-refractivity contribution in [3.8, 4) is 0 Å². The molecular weight excluding hydrogens is 248 g/mol. The van der Waals surface area contributed by atoms with Crippen LogP contribution in [-0.4, -0.2) is 36.3 Å². The number of rotatable bonds is 2. The molecule has 0 fully saturated rings. The first kappa shape index (κ1) is 12.4. The van der Waals surface area contributed by atoms with Gasteiger partial charge < -0.3 is 10.7 Å². The maximum Gasteiger partial charge on any atom is 0.229 e. The number of nitrogens with two attached hydrogens (primary N) is 1. The highest BCUT2D eigenvalue weighted by Crippen LogP contribution is 2.09. The first-order valence-electron chi connectivity index (χ1n) is 5.18. The second-order valence-electron chi connectivity index (χ2n) is 3.19. The molecular formula is C10H10N8O. The van der Waals surface area contributed by atoms with E-state index in [1.54, 1.807) is 18.5 Å². The van der Waals surface area contributed by atoms with Crippen LogP contribution in [0.1, 0.15) is 0 Å². The molecule has 0 saturated carbocycles. The van der Waals surface area contributed by atoms with Gasteiger partial charge in [0.1, 0.15) is 11.8 Å². The first-order valence-corrected chi connectivity index (χ1v) is 5.18. The molecule has 3 aromatic heterocycles. The molecule has 0 unspecified atom stereocenters. The summed E-state index contributed by atoms with van der Waals surface area (Å²) in [5, 5.41) is 2.30. The minimum absolute atomic E-state index is 0.326. The van der Waals surface area contributed by atoms with E-state index in [4.69, 9.17) is 5.73 Å². The van der Waals surface area contributed by atoms with Crippen molar-refractivity contribution < 1.29 is 4.79 Å². The number of nitrogens with one attached hydrogen (secondary N) is 2. The van der Waals surface area contributed by atoms with Gasteiger partial charge in [-0.2, -0.15) is 0 Å². The normalized spacial score (nSPS) is 9.47. The van der Waals surface area contributed by atoms with Crippen LogP contribution in [0.3, 0.4) is 0 Å². The Morgan fingerprint density at radius 2 is 1.95 bits per heavy atom. The van der Waals surface area contributed by atoms with Crippen LogP contribution in [0.5, 0.6) is 0 Å². The lowest BCUT2D eigenvalue weighted by Crippen LogP contribution is -1.97. The Hall–Kier alpha value is -3.10. The van der Waals surface area contributed by atoms with E-state index in [1.165, 1.54) is 12.7 Å². The molecule has 3 aromatic rings. The third-order valence-corrected chi connectivity index (χ3v) is 2.01. The number of imidazole rings is 1. The summed E-state index contributed by atoms with van der Waals surface area (Å²) in [6, 6.07) is 1.68. The van der Waals surface area contributed by atoms with Gasteiger partial charge >= 0.3 is 0 Å². The van der Waals surface area contributed by atoms with E-state index in [-0.39, 0.29) is 0 Å². The van der Waals surface area contributed by atoms with Crippen molar-refractivity contribution in [2.75, 3.05) is 11.1 Å². The van der Waals surface area contributed by atoms with Crippen LogP contribution in [0.25, 0.3) is 11.2 Å². The average Bonchev–Trinajstić information content (AvgIpc) is 2.91. The van der Waals surface area contributed by atoms with Gasteiger partial charge in [-0.25, -0.2) is 24.9 Å². The fraction of sp³-hybridized carbons (Fsp3) is 0. The Morgan fingerprint density at radius 1 is 1.16 bits per heavy atom. The van der Waals surface area contributed by atoms with Crippen LogP contribution >= 0.6 is 0 Å². The van der Waals surface area contributed by atoms with E-state index in [2.05, 4.69) is 35.2 Å².